The standard InChI is InChI=1S/C15H27N5O/c1-15(2,3)20-8-6-17-13(14(20)21)19-11-9-18(10-12-19)7-4-5-16/h6,8H,4-5,7,9-12,16H2,1-3H3. The first kappa shape index (κ1) is 16.0. The molecule has 2 heterocycles. The summed E-state index contributed by atoms with van der Waals surface area (Å²) < 4.78 is 1.76. The fourth-order valence-corrected chi connectivity index (χ4v) is 2.64. The molecule has 6 nitrogen and oxygen atoms in total. The van der Waals surface area contributed by atoms with E-state index < -0.39 is 0 Å². The molecule has 0 aliphatic carbocycles. The average molecular weight is 293 g/mol. The van der Waals surface area contributed by atoms with Crippen molar-refractivity contribution >= 4 is 5.82 Å². The predicted octanol–water partition coefficient (Wildman–Crippen LogP) is 0.469. The molecule has 1 aliphatic rings. The molecular formula is C15H27N5O. The van der Waals surface area contributed by atoms with Crippen LogP contribution in [0.4, 0.5) is 5.82 Å². The number of rotatable bonds is 4. The van der Waals surface area contributed by atoms with Gasteiger partial charge in [-0.2, -0.15) is 0 Å². The van der Waals surface area contributed by atoms with Gasteiger partial charge in [0.2, 0.25) is 0 Å². The van der Waals surface area contributed by atoms with Gasteiger partial charge in [0.1, 0.15) is 0 Å². The van der Waals surface area contributed by atoms with E-state index in [1.807, 2.05) is 20.8 Å². The molecule has 6 heteroatoms. The van der Waals surface area contributed by atoms with E-state index in [1.165, 1.54) is 0 Å². The van der Waals surface area contributed by atoms with E-state index in [0.29, 0.717) is 5.82 Å². The maximum Gasteiger partial charge on any atom is 0.293 e. The summed E-state index contributed by atoms with van der Waals surface area (Å²) >= 11 is 0. The molecule has 2 N–H and O–H groups in total. The van der Waals surface area contributed by atoms with E-state index in [0.717, 1.165) is 45.7 Å². The number of nitrogens with zero attached hydrogens (tertiary/aromatic N) is 4. The van der Waals surface area contributed by atoms with Crippen LogP contribution in [0.5, 0.6) is 0 Å². The van der Waals surface area contributed by atoms with Crippen LogP contribution in [0.15, 0.2) is 17.2 Å². The molecule has 1 aliphatic heterocycles. The largest absolute Gasteiger partial charge is 0.349 e. The molecule has 1 aromatic heterocycles. The lowest BCUT2D eigenvalue weighted by Gasteiger charge is -2.35. The Balaban J connectivity index is 2.09. The molecule has 21 heavy (non-hydrogen) atoms. The van der Waals surface area contributed by atoms with Crippen LogP contribution in [0.3, 0.4) is 0 Å². The lowest BCUT2D eigenvalue weighted by Crippen LogP contribution is -2.49. The van der Waals surface area contributed by atoms with Gasteiger partial charge in [0.05, 0.1) is 0 Å². The summed E-state index contributed by atoms with van der Waals surface area (Å²) in [4.78, 5) is 21.4. The van der Waals surface area contributed by atoms with Crippen molar-refractivity contribution in [3.05, 3.63) is 22.7 Å². The van der Waals surface area contributed by atoms with Crippen molar-refractivity contribution in [2.45, 2.75) is 32.7 Å². The number of aromatic nitrogens is 2. The summed E-state index contributed by atoms with van der Waals surface area (Å²) in [6.07, 6.45) is 4.52. The summed E-state index contributed by atoms with van der Waals surface area (Å²) in [6, 6.07) is 0. The summed E-state index contributed by atoms with van der Waals surface area (Å²) in [7, 11) is 0. The highest BCUT2D eigenvalue weighted by molar-refractivity contribution is 5.36. The lowest BCUT2D eigenvalue weighted by atomic mass is 10.1. The minimum Gasteiger partial charge on any atom is -0.349 e. The Hall–Kier alpha value is -1.40. The molecular weight excluding hydrogens is 266 g/mol. The lowest BCUT2D eigenvalue weighted by molar-refractivity contribution is 0.255. The van der Waals surface area contributed by atoms with Crippen LogP contribution in [-0.4, -0.2) is 53.7 Å². The van der Waals surface area contributed by atoms with Crippen molar-refractivity contribution in [2.75, 3.05) is 44.2 Å². The van der Waals surface area contributed by atoms with Crippen molar-refractivity contribution in [3.63, 3.8) is 0 Å². The molecule has 0 spiro atoms. The first-order valence-corrected chi connectivity index (χ1v) is 7.69. The molecule has 2 rings (SSSR count). The second kappa shape index (κ2) is 6.58. The minimum atomic E-state index is -0.224. The van der Waals surface area contributed by atoms with Crippen molar-refractivity contribution in [1.82, 2.24) is 14.5 Å². The first-order chi connectivity index (χ1) is 9.93. The predicted molar refractivity (Wildman–Crippen MR) is 85.8 cm³/mol. The van der Waals surface area contributed by atoms with Crippen LogP contribution in [-0.2, 0) is 5.54 Å². The third-order valence-corrected chi connectivity index (χ3v) is 3.90. The highest BCUT2D eigenvalue weighted by Gasteiger charge is 2.23. The van der Waals surface area contributed by atoms with Gasteiger partial charge in [-0.05, 0) is 40.3 Å². The highest BCUT2D eigenvalue weighted by atomic mass is 16.1. The Kier molecular flexibility index (Phi) is 5.00. The van der Waals surface area contributed by atoms with Gasteiger partial charge in [-0.15, -0.1) is 0 Å². The molecule has 1 aromatic rings. The third kappa shape index (κ3) is 3.83. The van der Waals surface area contributed by atoms with Crippen molar-refractivity contribution in [3.8, 4) is 0 Å². The summed E-state index contributed by atoms with van der Waals surface area (Å²) in [5.41, 5.74) is 5.33. The molecule has 0 aromatic carbocycles. The van der Waals surface area contributed by atoms with Gasteiger partial charge in [0, 0.05) is 44.1 Å². The van der Waals surface area contributed by atoms with E-state index in [2.05, 4.69) is 14.8 Å². The van der Waals surface area contributed by atoms with Crippen molar-refractivity contribution in [1.29, 1.82) is 0 Å². The molecule has 0 unspecified atom stereocenters. The van der Waals surface area contributed by atoms with E-state index in [9.17, 15) is 4.79 Å². The van der Waals surface area contributed by atoms with Gasteiger partial charge in [-0.25, -0.2) is 4.98 Å². The van der Waals surface area contributed by atoms with Crippen molar-refractivity contribution < 1.29 is 0 Å². The molecule has 0 atom stereocenters. The van der Waals surface area contributed by atoms with Crippen LogP contribution < -0.4 is 16.2 Å². The van der Waals surface area contributed by atoms with Crippen LogP contribution in [0.25, 0.3) is 0 Å². The fraction of sp³-hybridized carbons (Fsp3) is 0.733. The minimum absolute atomic E-state index is 0.000378. The molecule has 1 fully saturated rings. The van der Waals surface area contributed by atoms with Crippen LogP contribution in [0, 0.1) is 0 Å². The second-order valence-corrected chi connectivity index (χ2v) is 6.57. The summed E-state index contributed by atoms with van der Waals surface area (Å²) in [5, 5.41) is 0. The fourth-order valence-electron chi connectivity index (χ4n) is 2.64. The maximum atomic E-state index is 12.6. The Labute approximate surface area is 126 Å². The zero-order valence-electron chi connectivity index (χ0n) is 13.4. The third-order valence-electron chi connectivity index (χ3n) is 3.90. The van der Waals surface area contributed by atoms with E-state index in [1.54, 1.807) is 17.0 Å². The number of nitrogens with two attached hydrogens (primary N) is 1. The Bertz CT molecular complexity index is 512. The van der Waals surface area contributed by atoms with Gasteiger partial charge in [-0.3, -0.25) is 9.69 Å². The molecule has 0 amide bonds. The van der Waals surface area contributed by atoms with Gasteiger partial charge >= 0.3 is 0 Å². The average Bonchev–Trinajstić information content (AvgIpc) is 2.45. The quantitative estimate of drug-likeness (QED) is 0.874. The number of anilines is 1. The Morgan fingerprint density at radius 2 is 1.90 bits per heavy atom. The second-order valence-electron chi connectivity index (χ2n) is 6.57. The van der Waals surface area contributed by atoms with Crippen LogP contribution >= 0.6 is 0 Å². The number of piperazine rings is 1. The normalized spacial score (nSPS) is 17.2. The van der Waals surface area contributed by atoms with Crippen LogP contribution in [0.2, 0.25) is 0 Å². The van der Waals surface area contributed by atoms with Gasteiger partial charge < -0.3 is 15.2 Å². The van der Waals surface area contributed by atoms with Crippen LogP contribution in [0.1, 0.15) is 27.2 Å². The highest BCUT2D eigenvalue weighted by Crippen LogP contribution is 2.14. The summed E-state index contributed by atoms with van der Waals surface area (Å²) in [5.74, 6) is 0.575. The zero-order valence-corrected chi connectivity index (χ0v) is 13.4. The number of hydrogen-bond acceptors (Lipinski definition) is 5. The topological polar surface area (TPSA) is 67.4 Å². The smallest absolute Gasteiger partial charge is 0.293 e. The van der Waals surface area contributed by atoms with Crippen molar-refractivity contribution in [2.24, 2.45) is 5.73 Å². The monoisotopic (exact) mass is 293 g/mol. The SMILES string of the molecule is CC(C)(C)n1ccnc(N2CCN(CCCN)CC2)c1=O. The molecule has 118 valence electrons. The Morgan fingerprint density at radius 1 is 1.24 bits per heavy atom. The summed E-state index contributed by atoms with van der Waals surface area (Å²) in [6.45, 7) is 11.5. The van der Waals surface area contributed by atoms with Gasteiger partial charge in [-0.1, -0.05) is 0 Å². The maximum absolute atomic E-state index is 12.6. The number of hydrogen-bond donors (Lipinski definition) is 1. The Morgan fingerprint density at radius 3 is 2.48 bits per heavy atom. The van der Waals surface area contributed by atoms with Gasteiger partial charge in [0.25, 0.3) is 5.56 Å². The molecule has 0 saturated carbocycles. The first-order valence-electron chi connectivity index (χ1n) is 7.69. The van der Waals surface area contributed by atoms with E-state index >= 15 is 0 Å². The zero-order chi connectivity index (χ0) is 15.5. The van der Waals surface area contributed by atoms with E-state index in [-0.39, 0.29) is 11.1 Å². The molecule has 1 saturated heterocycles. The van der Waals surface area contributed by atoms with Gasteiger partial charge in [0.15, 0.2) is 5.82 Å². The van der Waals surface area contributed by atoms with E-state index in [4.69, 9.17) is 5.73 Å². The molecule has 0 radical (unpaired) electrons. The molecule has 0 bridgehead atoms.